The summed E-state index contributed by atoms with van der Waals surface area (Å²) < 4.78 is 5.72. The van der Waals surface area contributed by atoms with E-state index in [-0.39, 0.29) is 11.8 Å². The van der Waals surface area contributed by atoms with Gasteiger partial charge in [-0.25, -0.2) is 9.97 Å². The van der Waals surface area contributed by atoms with Gasteiger partial charge in [-0.1, -0.05) is 18.2 Å². The molecule has 0 aliphatic carbocycles. The number of amides is 1. The summed E-state index contributed by atoms with van der Waals surface area (Å²) in [7, 11) is 0. The predicted octanol–water partition coefficient (Wildman–Crippen LogP) is 1.36. The number of ether oxygens (including phenoxy) is 1. The summed E-state index contributed by atoms with van der Waals surface area (Å²) in [6, 6.07) is 9.80. The Morgan fingerprint density at radius 3 is 2.71 bits per heavy atom. The molecule has 2 aliphatic heterocycles. The average molecular weight is 381 g/mol. The molecule has 0 saturated carbocycles. The molecule has 28 heavy (non-hydrogen) atoms. The third-order valence-corrected chi connectivity index (χ3v) is 5.41. The van der Waals surface area contributed by atoms with Crippen LogP contribution in [0.4, 0.5) is 5.95 Å². The number of hydrogen-bond donors (Lipinski definition) is 1. The van der Waals surface area contributed by atoms with Gasteiger partial charge in [0.2, 0.25) is 11.9 Å². The molecular formula is C21H27N5O2. The number of fused-ring (bicyclic) bond motifs is 1. The molecule has 2 aliphatic rings. The third kappa shape index (κ3) is 4.59. The van der Waals surface area contributed by atoms with Crippen molar-refractivity contribution in [3.63, 3.8) is 0 Å². The number of hydrogen-bond acceptors (Lipinski definition) is 6. The lowest BCUT2D eigenvalue weighted by molar-refractivity contribution is -0.126. The summed E-state index contributed by atoms with van der Waals surface area (Å²) in [6.07, 6.45) is 5.28. The number of carbonyl (C=O) groups excluding carboxylic acids is 1. The second-order valence-corrected chi connectivity index (χ2v) is 7.34. The van der Waals surface area contributed by atoms with Crippen LogP contribution in [0.1, 0.15) is 12.0 Å². The van der Waals surface area contributed by atoms with Gasteiger partial charge in [-0.15, -0.1) is 0 Å². The minimum Gasteiger partial charge on any atom is -0.492 e. The largest absolute Gasteiger partial charge is 0.492 e. The fraction of sp³-hybridized carbons (Fsp3) is 0.476. The Morgan fingerprint density at radius 1 is 1.11 bits per heavy atom. The first-order chi connectivity index (χ1) is 13.8. The van der Waals surface area contributed by atoms with Crippen molar-refractivity contribution in [1.82, 2.24) is 20.2 Å². The van der Waals surface area contributed by atoms with E-state index in [9.17, 15) is 4.79 Å². The van der Waals surface area contributed by atoms with Crippen LogP contribution in [0.5, 0.6) is 5.75 Å². The lowest BCUT2D eigenvalue weighted by atomic mass is 9.96. The number of anilines is 1. The van der Waals surface area contributed by atoms with E-state index in [4.69, 9.17) is 4.74 Å². The Morgan fingerprint density at radius 2 is 1.89 bits per heavy atom. The van der Waals surface area contributed by atoms with E-state index in [2.05, 4.69) is 25.1 Å². The highest BCUT2D eigenvalue weighted by Crippen LogP contribution is 2.26. The molecule has 7 heteroatoms. The first kappa shape index (κ1) is 18.7. The normalized spacial score (nSPS) is 19.6. The maximum atomic E-state index is 12.4. The molecule has 1 saturated heterocycles. The van der Waals surface area contributed by atoms with E-state index < -0.39 is 0 Å². The molecule has 1 unspecified atom stereocenters. The van der Waals surface area contributed by atoms with Gasteiger partial charge >= 0.3 is 0 Å². The van der Waals surface area contributed by atoms with E-state index in [0.29, 0.717) is 13.2 Å². The van der Waals surface area contributed by atoms with E-state index in [0.717, 1.165) is 62.8 Å². The first-order valence-corrected chi connectivity index (χ1v) is 10.0. The van der Waals surface area contributed by atoms with Gasteiger partial charge in [0.15, 0.2) is 0 Å². The second-order valence-electron chi connectivity index (χ2n) is 7.34. The Kier molecular flexibility index (Phi) is 6.01. The molecule has 1 aromatic carbocycles. The number of benzene rings is 1. The van der Waals surface area contributed by atoms with Crippen molar-refractivity contribution in [2.45, 2.75) is 12.8 Å². The maximum absolute atomic E-state index is 12.4. The van der Waals surface area contributed by atoms with Crippen molar-refractivity contribution in [2.24, 2.45) is 5.92 Å². The van der Waals surface area contributed by atoms with Crippen molar-refractivity contribution >= 4 is 11.9 Å². The van der Waals surface area contributed by atoms with Crippen LogP contribution in [0.2, 0.25) is 0 Å². The van der Waals surface area contributed by atoms with E-state index >= 15 is 0 Å². The molecule has 7 nitrogen and oxygen atoms in total. The van der Waals surface area contributed by atoms with Crippen LogP contribution in [-0.4, -0.2) is 66.7 Å². The van der Waals surface area contributed by atoms with E-state index in [1.807, 2.05) is 30.3 Å². The van der Waals surface area contributed by atoms with Gasteiger partial charge in [0.05, 0.1) is 5.92 Å². The number of para-hydroxylation sites is 1. The van der Waals surface area contributed by atoms with Gasteiger partial charge in [0.25, 0.3) is 0 Å². The summed E-state index contributed by atoms with van der Waals surface area (Å²) >= 11 is 0. The van der Waals surface area contributed by atoms with Crippen molar-refractivity contribution in [3.05, 3.63) is 48.3 Å². The summed E-state index contributed by atoms with van der Waals surface area (Å²) in [5, 5.41) is 3.08. The molecule has 0 radical (unpaired) electrons. The van der Waals surface area contributed by atoms with E-state index in [1.54, 1.807) is 12.4 Å². The molecule has 2 aromatic rings. The average Bonchev–Trinajstić information content (AvgIpc) is 2.77. The third-order valence-electron chi connectivity index (χ3n) is 5.41. The van der Waals surface area contributed by atoms with Gasteiger partial charge < -0.3 is 15.0 Å². The monoisotopic (exact) mass is 381 g/mol. The lowest BCUT2D eigenvalue weighted by Crippen LogP contribution is -2.47. The maximum Gasteiger partial charge on any atom is 0.226 e. The highest BCUT2D eigenvalue weighted by Gasteiger charge is 2.25. The van der Waals surface area contributed by atoms with Crippen molar-refractivity contribution < 1.29 is 9.53 Å². The molecule has 1 N–H and O–H groups in total. The summed E-state index contributed by atoms with van der Waals surface area (Å²) in [5.74, 6) is 1.72. The molecule has 1 fully saturated rings. The van der Waals surface area contributed by atoms with Crippen molar-refractivity contribution in [1.29, 1.82) is 0 Å². The van der Waals surface area contributed by atoms with Crippen LogP contribution in [0.3, 0.4) is 0 Å². The molecule has 1 amide bonds. The topological polar surface area (TPSA) is 70.6 Å². The predicted molar refractivity (Wildman–Crippen MR) is 107 cm³/mol. The van der Waals surface area contributed by atoms with E-state index in [1.165, 1.54) is 0 Å². The van der Waals surface area contributed by atoms with Crippen molar-refractivity contribution in [2.75, 3.05) is 50.8 Å². The molecule has 0 spiro atoms. The molecule has 0 bridgehead atoms. The molecule has 148 valence electrons. The molecule has 1 aromatic heterocycles. The zero-order chi connectivity index (χ0) is 19.2. The number of piperazine rings is 1. The van der Waals surface area contributed by atoms with Crippen LogP contribution < -0.4 is 15.0 Å². The van der Waals surface area contributed by atoms with Crippen LogP contribution in [0.25, 0.3) is 0 Å². The Bertz CT molecular complexity index is 777. The quantitative estimate of drug-likeness (QED) is 0.762. The standard InChI is InChI=1S/C21H27N5O2/c27-20(18-15-17-5-1-2-6-19(17)28-16-18)22-9-4-10-25-11-13-26(14-12-25)21-23-7-3-8-24-21/h1-3,5-8,18H,4,9-16H2,(H,22,27). The summed E-state index contributed by atoms with van der Waals surface area (Å²) in [5.41, 5.74) is 1.12. The molecule has 1 atom stereocenters. The first-order valence-electron chi connectivity index (χ1n) is 10.0. The smallest absolute Gasteiger partial charge is 0.226 e. The van der Waals surface area contributed by atoms with Crippen LogP contribution in [0, 0.1) is 5.92 Å². The van der Waals surface area contributed by atoms with Gasteiger partial charge in [0, 0.05) is 45.1 Å². The highest BCUT2D eigenvalue weighted by atomic mass is 16.5. The second kappa shape index (κ2) is 9.01. The minimum atomic E-state index is -0.0932. The Hall–Kier alpha value is -2.67. The van der Waals surface area contributed by atoms with Crippen LogP contribution in [-0.2, 0) is 11.2 Å². The molecular weight excluding hydrogens is 354 g/mol. The number of carbonyl (C=O) groups is 1. The number of rotatable bonds is 6. The van der Waals surface area contributed by atoms with Gasteiger partial charge in [-0.2, -0.15) is 0 Å². The Labute approximate surface area is 165 Å². The number of nitrogens with zero attached hydrogens (tertiary/aromatic N) is 4. The highest BCUT2D eigenvalue weighted by molar-refractivity contribution is 5.79. The van der Waals surface area contributed by atoms with Gasteiger partial charge in [0.1, 0.15) is 12.4 Å². The lowest BCUT2D eigenvalue weighted by Gasteiger charge is -2.34. The van der Waals surface area contributed by atoms with Crippen LogP contribution >= 0.6 is 0 Å². The minimum absolute atomic E-state index is 0.0932. The van der Waals surface area contributed by atoms with Crippen LogP contribution in [0.15, 0.2) is 42.7 Å². The SMILES string of the molecule is O=C(NCCCN1CCN(c2ncccn2)CC1)C1COc2ccccc2C1. The summed E-state index contributed by atoms with van der Waals surface area (Å²) in [6.45, 7) is 6.04. The van der Waals surface area contributed by atoms with Crippen molar-refractivity contribution in [3.8, 4) is 5.75 Å². The Balaban J connectivity index is 1.13. The zero-order valence-corrected chi connectivity index (χ0v) is 16.1. The molecule has 4 rings (SSSR count). The van der Waals surface area contributed by atoms with Gasteiger partial charge in [-0.3, -0.25) is 9.69 Å². The number of nitrogens with one attached hydrogen (secondary N) is 1. The fourth-order valence-corrected chi connectivity index (χ4v) is 3.78. The summed E-state index contributed by atoms with van der Waals surface area (Å²) in [4.78, 5) is 25.7. The van der Waals surface area contributed by atoms with Gasteiger partial charge in [-0.05, 0) is 37.1 Å². The molecule has 3 heterocycles. The fourth-order valence-electron chi connectivity index (χ4n) is 3.78. The zero-order valence-electron chi connectivity index (χ0n) is 16.1. The number of aromatic nitrogens is 2.